The highest BCUT2D eigenvalue weighted by atomic mass is 35.5. The summed E-state index contributed by atoms with van der Waals surface area (Å²) in [5.74, 6) is -0.191. The maximum Gasteiger partial charge on any atom is 0.133 e. The lowest BCUT2D eigenvalue weighted by Crippen LogP contribution is -2.46. The molecule has 1 aliphatic rings. The molecule has 0 bridgehead atoms. The molecule has 2 aromatic rings. The van der Waals surface area contributed by atoms with Crippen molar-refractivity contribution in [2.75, 3.05) is 31.1 Å². The van der Waals surface area contributed by atoms with Crippen LogP contribution in [0.25, 0.3) is 0 Å². The largest absolute Gasteiger partial charge is 0.369 e. The Bertz CT molecular complexity index is 595. The molecule has 0 aliphatic carbocycles. The molecular weight excluding hydrogens is 289 g/mol. The molecule has 3 nitrogen and oxygen atoms in total. The van der Waals surface area contributed by atoms with Crippen LogP contribution in [0.1, 0.15) is 5.56 Å². The molecule has 1 saturated heterocycles. The molecule has 0 saturated carbocycles. The Morgan fingerprint density at radius 2 is 1.76 bits per heavy atom. The first-order valence-corrected chi connectivity index (χ1v) is 7.42. The summed E-state index contributed by atoms with van der Waals surface area (Å²) in [4.78, 5) is 8.75. The van der Waals surface area contributed by atoms with Crippen molar-refractivity contribution in [2.45, 2.75) is 6.54 Å². The molecule has 0 amide bonds. The lowest BCUT2D eigenvalue weighted by molar-refractivity contribution is 0.249. The smallest absolute Gasteiger partial charge is 0.133 e. The van der Waals surface area contributed by atoms with Gasteiger partial charge in [0.25, 0.3) is 0 Å². The molecule has 3 rings (SSSR count). The van der Waals surface area contributed by atoms with Crippen molar-refractivity contribution in [3.8, 4) is 0 Å². The van der Waals surface area contributed by atoms with E-state index in [0.29, 0.717) is 5.15 Å². The van der Waals surface area contributed by atoms with E-state index in [9.17, 15) is 4.39 Å². The molecule has 0 atom stereocenters. The molecule has 1 aliphatic heterocycles. The van der Waals surface area contributed by atoms with Crippen LogP contribution in [0.15, 0.2) is 42.6 Å². The number of benzene rings is 1. The van der Waals surface area contributed by atoms with E-state index in [1.54, 1.807) is 6.20 Å². The molecule has 1 aromatic heterocycles. The van der Waals surface area contributed by atoms with Gasteiger partial charge in [0.15, 0.2) is 0 Å². The SMILES string of the molecule is Fc1ccc(N2CCN(Cc3cccnc3Cl)CC2)cc1. The first-order chi connectivity index (χ1) is 10.2. The Balaban J connectivity index is 1.58. The van der Waals surface area contributed by atoms with E-state index in [4.69, 9.17) is 11.6 Å². The number of anilines is 1. The second-order valence-electron chi connectivity index (χ2n) is 5.19. The monoisotopic (exact) mass is 305 g/mol. The highest BCUT2D eigenvalue weighted by Gasteiger charge is 2.18. The van der Waals surface area contributed by atoms with Crippen molar-refractivity contribution in [2.24, 2.45) is 0 Å². The summed E-state index contributed by atoms with van der Waals surface area (Å²) >= 11 is 6.10. The summed E-state index contributed by atoms with van der Waals surface area (Å²) < 4.78 is 13.0. The molecule has 1 aromatic carbocycles. The number of halogens is 2. The van der Waals surface area contributed by atoms with Gasteiger partial charge in [0.2, 0.25) is 0 Å². The van der Waals surface area contributed by atoms with Gasteiger partial charge in [-0.1, -0.05) is 17.7 Å². The number of nitrogens with zero attached hydrogens (tertiary/aromatic N) is 3. The van der Waals surface area contributed by atoms with Crippen LogP contribution in [-0.4, -0.2) is 36.1 Å². The predicted molar refractivity (Wildman–Crippen MR) is 83.1 cm³/mol. The Morgan fingerprint density at radius 3 is 2.43 bits per heavy atom. The topological polar surface area (TPSA) is 19.4 Å². The van der Waals surface area contributed by atoms with Gasteiger partial charge in [0.05, 0.1) is 0 Å². The molecule has 0 unspecified atom stereocenters. The van der Waals surface area contributed by atoms with Gasteiger partial charge in [-0.05, 0) is 30.3 Å². The van der Waals surface area contributed by atoms with Crippen LogP contribution >= 0.6 is 11.6 Å². The van der Waals surface area contributed by atoms with Gasteiger partial charge in [-0.2, -0.15) is 0 Å². The highest BCUT2D eigenvalue weighted by Crippen LogP contribution is 2.19. The fraction of sp³-hybridized carbons (Fsp3) is 0.312. The van der Waals surface area contributed by atoms with Crippen molar-refractivity contribution < 1.29 is 4.39 Å². The summed E-state index contributed by atoms with van der Waals surface area (Å²) in [6, 6.07) is 10.6. The van der Waals surface area contributed by atoms with Crippen molar-refractivity contribution in [1.82, 2.24) is 9.88 Å². The number of pyridine rings is 1. The molecule has 21 heavy (non-hydrogen) atoms. The zero-order valence-corrected chi connectivity index (χ0v) is 12.4. The van der Waals surface area contributed by atoms with E-state index in [1.165, 1.54) is 12.1 Å². The predicted octanol–water partition coefficient (Wildman–Crippen LogP) is 3.20. The Labute approximate surface area is 129 Å². The molecule has 0 radical (unpaired) electrons. The van der Waals surface area contributed by atoms with Gasteiger partial charge in [-0.3, -0.25) is 4.90 Å². The number of hydrogen-bond acceptors (Lipinski definition) is 3. The van der Waals surface area contributed by atoms with Crippen LogP contribution < -0.4 is 4.90 Å². The maximum absolute atomic E-state index is 13.0. The molecule has 2 heterocycles. The van der Waals surface area contributed by atoms with Crippen LogP contribution in [0.4, 0.5) is 10.1 Å². The maximum atomic E-state index is 13.0. The summed E-state index contributed by atoms with van der Waals surface area (Å²) in [5.41, 5.74) is 2.14. The minimum Gasteiger partial charge on any atom is -0.369 e. The average Bonchev–Trinajstić information content (AvgIpc) is 2.51. The van der Waals surface area contributed by atoms with Gasteiger partial charge in [0.1, 0.15) is 11.0 Å². The van der Waals surface area contributed by atoms with Gasteiger partial charge in [0, 0.05) is 50.2 Å². The molecular formula is C16H17ClFN3. The lowest BCUT2D eigenvalue weighted by Gasteiger charge is -2.36. The van der Waals surface area contributed by atoms with Gasteiger partial charge < -0.3 is 4.90 Å². The van der Waals surface area contributed by atoms with E-state index < -0.39 is 0 Å². The van der Waals surface area contributed by atoms with Crippen LogP contribution in [0.3, 0.4) is 0 Å². The Kier molecular flexibility index (Phi) is 4.36. The van der Waals surface area contributed by atoms with Gasteiger partial charge in [-0.25, -0.2) is 9.37 Å². The molecule has 0 N–H and O–H groups in total. The zero-order valence-electron chi connectivity index (χ0n) is 11.7. The number of aromatic nitrogens is 1. The molecule has 1 fully saturated rings. The second-order valence-corrected chi connectivity index (χ2v) is 5.55. The van der Waals surface area contributed by atoms with E-state index in [2.05, 4.69) is 14.8 Å². The minimum absolute atomic E-state index is 0.191. The van der Waals surface area contributed by atoms with Crippen molar-refractivity contribution in [1.29, 1.82) is 0 Å². The minimum atomic E-state index is -0.191. The normalized spacial score (nSPS) is 16.2. The second kappa shape index (κ2) is 6.41. The third kappa shape index (κ3) is 3.52. The van der Waals surface area contributed by atoms with E-state index in [-0.39, 0.29) is 5.82 Å². The summed E-state index contributed by atoms with van der Waals surface area (Å²) in [6.45, 7) is 4.61. The van der Waals surface area contributed by atoms with Crippen LogP contribution in [0.2, 0.25) is 5.15 Å². The van der Waals surface area contributed by atoms with E-state index >= 15 is 0 Å². The highest BCUT2D eigenvalue weighted by molar-refractivity contribution is 6.30. The van der Waals surface area contributed by atoms with Gasteiger partial charge >= 0.3 is 0 Å². The number of rotatable bonds is 3. The summed E-state index contributed by atoms with van der Waals surface area (Å²) in [6.07, 6.45) is 1.71. The van der Waals surface area contributed by atoms with Gasteiger partial charge in [-0.15, -0.1) is 0 Å². The van der Waals surface area contributed by atoms with Crippen molar-refractivity contribution in [3.05, 3.63) is 59.1 Å². The fourth-order valence-corrected chi connectivity index (χ4v) is 2.77. The zero-order chi connectivity index (χ0) is 14.7. The third-order valence-electron chi connectivity index (χ3n) is 3.79. The standard InChI is InChI=1S/C16H17ClFN3/c17-16-13(2-1-7-19-16)12-20-8-10-21(11-9-20)15-5-3-14(18)4-6-15/h1-7H,8-12H2. The van der Waals surface area contributed by atoms with E-state index in [1.807, 2.05) is 24.3 Å². The number of hydrogen-bond donors (Lipinski definition) is 0. The molecule has 110 valence electrons. The first kappa shape index (κ1) is 14.3. The quantitative estimate of drug-likeness (QED) is 0.812. The van der Waals surface area contributed by atoms with Crippen molar-refractivity contribution in [3.63, 3.8) is 0 Å². The van der Waals surface area contributed by atoms with Crippen LogP contribution in [0, 0.1) is 5.82 Å². The molecule has 0 spiro atoms. The Hall–Kier alpha value is -1.65. The first-order valence-electron chi connectivity index (χ1n) is 7.04. The average molecular weight is 306 g/mol. The van der Waals surface area contributed by atoms with Crippen LogP contribution in [0.5, 0.6) is 0 Å². The third-order valence-corrected chi connectivity index (χ3v) is 4.13. The summed E-state index contributed by atoms with van der Waals surface area (Å²) in [7, 11) is 0. The summed E-state index contributed by atoms with van der Waals surface area (Å²) in [5, 5.41) is 0.582. The Morgan fingerprint density at radius 1 is 1.05 bits per heavy atom. The lowest BCUT2D eigenvalue weighted by atomic mass is 10.2. The van der Waals surface area contributed by atoms with Crippen LogP contribution in [-0.2, 0) is 6.54 Å². The van der Waals surface area contributed by atoms with Crippen molar-refractivity contribution >= 4 is 17.3 Å². The fourth-order valence-electron chi connectivity index (χ4n) is 2.59. The number of piperazine rings is 1. The molecule has 5 heteroatoms. The van der Waals surface area contributed by atoms with E-state index in [0.717, 1.165) is 44.0 Å².